The summed E-state index contributed by atoms with van der Waals surface area (Å²) in [4.78, 5) is 32.3. The minimum atomic E-state index is -0.822. The molecule has 1 saturated heterocycles. The van der Waals surface area contributed by atoms with Gasteiger partial charge in [-0.1, -0.05) is 48.5 Å². The van der Waals surface area contributed by atoms with Crippen LogP contribution >= 0.6 is 0 Å². The highest BCUT2D eigenvalue weighted by molar-refractivity contribution is 6.46. The summed E-state index contributed by atoms with van der Waals surface area (Å²) < 4.78 is 11.5. The SMILES string of the molecule is CCOc1ccc(/C(O)=C2\C(=O)C(=O)N(Cc3cccnc3)C2c2cccc(OCc3ccccc3)c2)cc1. The van der Waals surface area contributed by atoms with Gasteiger partial charge in [0.25, 0.3) is 11.7 Å². The number of hydrogen-bond donors (Lipinski definition) is 1. The fraction of sp³-hybridized carbons (Fsp3) is 0.156. The molecule has 1 aromatic heterocycles. The van der Waals surface area contributed by atoms with Crippen LogP contribution in [0.2, 0.25) is 0 Å². The highest BCUT2D eigenvalue weighted by Crippen LogP contribution is 2.41. The van der Waals surface area contributed by atoms with Crippen molar-refractivity contribution in [2.45, 2.75) is 26.1 Å². The second-order valence-corrected chi connectivity index (χ2v) is 9.09. The van der Waals surface area contributed by atoms with Crippen molar-refractivity contribution < 1.29 is 24.2 Å². The second-order valence-electron chi connectivity index (χ2n) is 9.09. The maximum absolute atomic E-state index is 13.4. The Labute approximate surface area is 227 Å². The summed E-state index contributed by atoms with van der Waals surface area (Å²) in [6.07, 6.45) is 3.30. The van der Waals surface area contributed by atoms with Gasteiger partial charge in [0.05, 0.1) is 18.2 Å². The van der Waals surface area contributed by atoms with Crippen LogP contribution in [0.3, 0.4) is 0 Å². The molecule has 1 N–H and O–H groups in total. The first-order valence-corrected chi connectivity index (χ1v) is 12.7. The Balaban J connectivity index is 1.54. The Kier molecular flexibility index (Phi) is 7.68. The highest BCUT2D eigenvalue weighted by atomic mass is 16.5. The van der Waals surface area contributed by atoms with Gasteiger partial charge in [-0.2, -0.15) is 0 Å². The lowest BCUT2D eigenvalue weighted by Crippen LogP contribution is -2.29. The standard InChI is InChI=1S/C32H28N2O5/c1-2-38-26-15-13-24(14-16-26)30(35)28-29(34(32(37)31(28)36)20-23-10-7-17-33-19-23)25-11-6-12-27(18-25)39-21-22-8-4-3-5-9-22/h3-19,29,35H,2,20-21H2,1H3/b30-28+. The van der Waals surface area contributed by atoms with Crippen LogP contribution in [-0.4, -0.2) is 33.3 Å². The number of nitrogens with zero attached hydrogens (tertiary/aromatic N) is 2. The molecule has 4 aromatic rings. The van der Waals surface area contributed by atoms with Gasteiger partial charge in [-0.05, 0) is 66.1 Å². The molecule has 3 aromatic carbocycles. The fourth-order valence-corrected chi connectivity index (χ4v) is 4.62. The second kappa shape index (κ2) is 11.6. The van der Waals surface area contributed by atoms with Crippen LogP contribution in [0.25, 0.3) is 5.76 Å². The van der Waals surface area contributed by atoms with Crippen LogP contribution in [0, 0.1) is 0 Å². The maximum atomic E-state index is 13.4. The number of aromatic nitrogens is 1. The molecule has 0 radical (unpaired) electrons. The van der Waals surface area contributed by atoms with Crippen molar-refractivity contribution in [2.24, 2.45) is 0 Å². The van der Waals surface area contributed by atoms with E-state index in [1.165, 1.54) is 4.90 Å². The Bertz CT molecular complexity index is 1480. The average Bonchev–Trinajstić information content (AvgIpc) is 3.22. The maximum Gasteiger partial charge on any atom is 0.295 e. The number of aliphatic hydroxyl groups is 1. The third-order valence-corrected chi connectivity index (χ3v) is 6.48. The van der Waals surface area contributed by atoms with E-state index in [1.54, 1.807) is 48.8 Å². The van der Waals surface area contributed by atoms with E-state index >= 15 is 0 Å². The lowest BCUT2D eigenvalue weighted by Gasteiger charge is -2.25. The van der Waals surface area contributed by atoms with E-state index in [-0.39, 0.29) is 17.9 Å². The van der Waals surface area contributed by atoms with Crippen LogP contribution in [0.1, 0.15) is 35.2 Å². The number of ketones is 1. The molecule has 5 rings (SSSR count). The molecule has 0 spiro atoms. The molecule has 1 aliphatic rings. The van der Waals surface area contributed by atoms with Crippen LogP contribution in [0.15, 0.2) is 109 Å². The number of rotatable bonds is 9. The molecule has 39 heavy (non-hydrogen) atoms. The summed E-state index contributed by atoms with van der Waals surface area (Å²) in [5.41, 5.74) is 2.87. The number of Topliss-reactive ketones (excluding diaryl/α,β-unsaturated/α-hetero) is 1. The summed E-state index contributed by atoms with van der Waals surface area (Å²) in [5, 5.41) is 11.4. The molecule has 0 saturated carbocycles. The zero-order chi connectivity index (χ0) is 27.2. The molecule has 1 atom stereocenters. The monoisotopic (exact) mass is 520 g/mol. The van der Waals surface area contributed by atoms with Gasteiger partial charge < -0.3 is 19.5 Å². The lowest BCUT2D eigenvalue weighted by atomic mass is 9.95. The van der Waals surface area contributed by atoms with Crippen molar-refractivity contribution in [3.63, 3.8) is 0 Å². The Morgan fingerprint density at radius 3 is 2.36 bits per heavy atom. The average molecular weight is 521 g/mol. The number of amides is 1. The predicted octanol–water partition coefficient (Wildman–Crippen LogP) is 5.68. The van der Waals surface area contributed by atoms with Crippen molar-refractivity contribution >= 4 is 17.4 Å². The van der Waals surface area contributed by atoms with Crippen molar-refractivity contribution in [3.05, 3.63) is 131 Å². The molecule has 2 heterocycles. The number of ether oxygens (including phenoxy) is 2. The van der Waals surface area contributed by atoms with E-state index in [9.17, 15) is 14.7 Å². The number of aliphatic hydroxyl groups excluding tert-OH is 1. The molecule has 1 amide bonds. The third kappa shape index (κ3) is 5.67. The quantitative estimate of drug-likeness (QED) is 0.174. The van der Waals surface area contributed by atoms with E-state index in [2.05, 4.69) is 4.98 Å². The number of hydrogen-bond acceptors (Lipinski definition) is 6. The molecule has 1 fully saturated rings. The van der Waals surface area contributed by atoms with Crippen LogP contribution in [0.5, 0.6) is 11.5 Å². The zero-order valence-electron chi connectivity index (χ0n) is 21.5. The first-order chi connectivity index (χ1) is 19.0. The third-order valence-electron chi connectivity index (χ3n) is 6.48. The van der Waals surface area contributed by atoms with Crippen LogP contribution < -0.4 is 9.47 Å². The molecular weight excluding hydrogens is 492 g/mol. The summed E-state index contributed by atoms with van der Waals surface area (Å²) in [6.45, 7) is 2.91. The van der Waals surface area contributed by atoms with Gasteiger partial charge >= 0.3 is 0 Å². The molecule has 196 valence electrons. The Morgan fingerprint density at radius 2 is 1.64 bits per heavy atom. The molecule has 7 heteroatoms. The predicted molar refractivity (Wildman–Crippen MR) is 147 cm³/mol. The van der Waals surface area contributed by atoms with Crippen molar-refractivity contribution in [1.29, 1.82) is 0 Å². The topological polar surface area (TPSA) is 89.0 Å². The minimum absolute atomic E-state index is 0.0215. The number of pyridine rings is 1. The summed E-state index contributed by atoms with van der Waals surface area (Å²) in [7, 11) is 0. The summed E-state index contributed by atoms with van der Waals surface area (Å²) in [5.74, 6) is -0.446. The number of carbonyl (C=O) groups excluding carboxylic acids is 2. The van der Waals surface area contributed by atoms with Gasteiger partial charge in [0, 0.05) is 24.5 Å². The highest BCUT2D eigenvalue weighted by Gasteiger charge is 2.46. The largest absolute Gasteiger partial charge is 0.507 e. The smallest absolute Gasteiger partial charge is 0.295 e. The first kappa shape index (κ1) is 25.7. The Morgan fingerprint density at radius 1 is 0.872 bits per heavy atom. The van der Waals surface area contributed by atoms with Gasteiger partial charge in [-0.15, -0.1) is 0 Å². The van der Waals surface area contributed by atoms with Crippen LogP contribution in [0.4, 0.5) is 0 Å². The first-order valence-electron chi connectivity index (χ1n) is 12.7. The van der Waals surface area contributed by atoms with Crippen molar-refractivity contribution in [2.75, 3.05) is 6.61 Å². The van der Waals surface area contributed by atoms with Crippen molar-refractivity contribution in [1.82, 2.24) is 9.88 Å². The minimum Gasteiger partial charge on any atom is -0.507 e. The van der Waals surface area contributed by atoms with Gasteiger partial charge in [0.2, 0.25) is 0 Å². The van der Waals surface area contributed by atoms with Crippen molar-refractivity contribution in [3.8, 4) is 11.5 Å². The van der Waals surface area contributed by atoms with Crippen LogP contribution in [-0.2, 0) is 22.7 Å². The normalized spacial score (nSPS) is 16.3. The van der Waals surface area contributed by atoms with Gasteiger partial charge in [-0.3, -0.25) is 14.6 Å². The molecular formula is C32H28N2O5. The fourth-order valence-electron chi connectivity index (χ4n) is 4.62. The molecule has 7 nitrogen and oxygen atoms in total. The Hall–Kier alpha value is -4.91. The number of benzene rings is 3. The van der Waals surface area contributed by atoms with Gasteiger partial charge in [0.15, 0.2) is 0 Å². The van der Waals surface area contributed by atoms with Gasteiger partial charge in [-0.25, -0.2) is 0 Å². The van der Waals surface area contributed by atoms with E-state index in [0.29, 0.717) is 35.8 Å². The van der Waals surface area contributed by atoms with E-state index in [4.69, 9.17) is 9.47 Å². The van der Waals surface area contributed by atoms with E-state index in [0.717, 1.165) is 11.1 Å². The molecule has 0 bridgehead atoms. The van der Waals surface area contributed by atoms with E-state index < -0.39 is 17.7 Å². The summed E-state index contributed by atoms with van der Waals surface area (Å²) in [6, 6.07) is 26.6. The molecule has 1 unspecified atom stereocenters. The van der Waals surface area contributed by atoms with Gasteiger partial charge in [0.1, 0.15) is 23.9 Å². The lowest BCUT2D eigenvalue weighted by molar-refractivity contribution is -0.140. The molecule has 0 aliphatic carbocycles. The summed E-state index contributed by atoms with van der Waals surface area (Å²) >= 11 is 0. The number of likely N-dealkylation sites (tertiary alicyclic amines) is 1. The number of carbonyl (C=O) groups is 2. The zero-order valence-corrected chi connectivity index (χ0v) is 21.5. The van der Waals surface area contributed by atoms with E-state index in [1.807, 2.05) is 61.5 Å². The molecule has 1 aliphatic heterocycles.